The molecule has 1 aliphatic rings. The van der Waals surface area contributed by atoms with Crippen molar-refractivity contribution in [3.05, 3.63) is 0 Å². The summed E-state index contributed by atoms with van der Waals surface area (Å²) < 4.78 is 0. The molecule has 0 aromatic rings. The Morgan fingerprint density at radius 3 is 2.69 bits per heavy atom. The third-order valence-electron chi connectivity index (χ3n) is 2.53. The van der Waals surface area contributed by atoms with Gasteiger partial charge < -0.3 is 15.7 Å². The standard InChI is InChI=1S/C9H18N2O2/c1-6(10)9(13)11-5-3-4-8(11)7(2)12/h6-8,12H,3-5,10H2,1-2H3/t6-,7-,8+/m0/s1. The summed E-state index contributed by atoms with van der Waals surface area (Å²) in [7, 11) is 0. The lowest BCUT2D eigenvalue weighted by Gasteiger charge is -2.28. The van der Waals surface area contributed by atoms with Crippen LogP contribution in [0.4, 0.5) is 0 Å². The molecule has 0 aliphatic carbocycles. The van der Waals surface area contributed by atoms with Gasteiger partial charge in [0, 0.05) is 6.54 Å². The Morgan fingerprint density at radius 2 is 2.23 bits per heavy atom. The second-order valence-electron chi connectivity index (χ2n) is 3.77. The molecule has 3 N–H and O–H groups in total. The molecule has 0 unspecified atom stereocenters. The van der Waals surface area contributed by atoms with E-state index in [1.54, 1.807) is 18.7 Å². The highest BCUT2D eigenvalue weighted by molar-refractivity contribution is 5.81. The average molecular weight is 186 g/mol. The molecule has 1 fully saturated rings. The smallest absolute Gasteiger partial charge is 0.239 e. The molecule has 1 amide bonds. The van der Waals surface area contributed by atoms with Crippen LogP contribution < -0.4 is 5.73 Å². The highest BCUT2D eigenvalue weighted by atomic mass is 16.3. The number of rotatable bonds is 2. The average Bonchev–Trinajstić information content (AvgIpc) is 2.50. The van der Waals surface area contributed by atoms with E-state index in [2.05, 4.69) is 0 Å². The van der Waals surface area contributed by atoms with Crippen LogP contribution in [0, 0.1) is 0 Å². The Morgan fingerprint density at radius 1 is 1.62 bits per heavy atom. The number of nitrogens with zero attached hydrogens (tertiary/aromatic N) is 1. The Hall–Kier alpha value is -0.610. The molecule has 0 bridgehead atoms. The number of carbonyl (C=O) groups is 1. The van der Waals surface area contributed by atoms with E-state index in [0.29, 0.717) is 0 Å². The third kappa shape index (κ3) is 2.19. The molecular formula is C9H18N2O2. The number of aliphatic hydroxyl groups excluding tert-OH is 1. The molecule has 3 atom stereocenters. The highest BCUT2D eigenvalue weighted by Crippen LogP contribution is 2.20. The van der Waals surface area contributed by atoms with Crippen molar-refractivity contribution in [2.24, 2.45) is 5.73 Å². The molecule has 0 saturated carbocycles. The molecule has 0 radical (unpaired) electrons. The number of likely N-dealkylation sites (tertiary alicyclic amines) is 1. The van der Waals surface area contributed by atoms with Crippen LogP contribution in [0.15, 0.2) is 0 Å². The molecule has 76 valence electrons. The van der Waals surface area contributed by atoms with Crippen molar-refractivity contribution in [2.45, 2.75) is 44.9 Å². The fraction of sp³-hybridized carbons (Fsp3) is 0.889. The molecule has 1 saturated heterocycles. The van der Waals surface area contributed by atoms with Crippen LogP contribution in [0.3, 0.4) is 0 Å². The fourth-order valence-corrected chi connectivity index (χ4v) is 1.83. The molecule has 1 aliphatic heterocycles. The highest BCUT2D eigenvalue weighted by Gasteiger charge is 2.32. The van der Waals surface area contributed by atoms with Crippen molar-refractivity contribution in [2.75, 3.05) is 6.54 Å². The van der Waals surface area contributed by atoms with Gasteiger partial charge in [-0.1, -0.05) is 0 Å². The van der Waals surface area contributed by atoms with Gasteiger partial charge in [-0.05, 0) is 26.7 Å². The molecule has 4 heteroatoms. The van der Waals surface area contributed by atoms with Gasteiger partial charge in [-0.2, -0.15) is 0 Å². The Labute approximate surface area is 78.7 Å². The molecule has 0 spiro atoms. The van der Waals surface area contributed by atoms with Crippen LogP contribution in [0.25, 0.3) is 0 Å². The predicted octanol–water partition coefficient (Wildman–Crippen LogP) is -0.295. The summed E-state index contributed by atoms with van der Waals surface area (Å²) in [6, 6.07) is -0.488. The lowest BCUT2D eigenvalue weighted by Crippen LogP contribution is -2.47. The first kappa shape index (κ1) is 10.5. The van der Waals surface area contributed by atoms with Crippen molar-refractivity contribution in [1.29, 1.82) is 0 Å². The Balaban J connectivity index is 2.63. The quantitative estimate of drug-likeness (QED) is 0.622. The number of aliphatic hydroxyl groups is 1. The van der Waals surface area contributed by atoms with Gasteiger partial charge in [0.05, 0.1) is 18.2 Å². The van der Waals surface area contributed by atoms with Crippen LogP contribution in [0.2, 0.25) is 0 Å². The predicted molar refractivity (Wildman–Crippen MR) is 50.1 cm³/mol. The lowest BCUT2D eigenvalue weighted by molar-refractivity contribution is -0.134. The van der Waals surface area contributed by atoms with Gasteiger partial charge in [-0.15, -0.1) is 0 Å². The molecular weight excluding hydrogens is 168 g/mol. The van der Waals surface area contributed by atoms with Gasteiger partial charge >= 0.3 is 0 Å². The SMILES string of the molecule is C[C@H](N)C(=O)N1CCC[C@@H]1[C@H](C)O. The Kier molecular flexibility index (Phi) is 3.27. The molecule has 13 heavy (non-hydrogen) atoms. The maximum atomic E-state index is 11.5. The van der Waals surface area contributed by atoms with Crippen LogP contribution in [0.1, 0.15) is 26.7 Å². The molecule has 1 heterocycles. The zero-order chi connectivity index (χ0) is 10.0. The Bertz CT molecular complexity index is 192. The number of hydrogen-bond donors (Lipinski definition) is 2. The van der Waals surface area contributed by atoms with Crippen LogP contribution in [-0.2, 0) is 4.79 Å². The van der Waals surface area contributed by atoms with Crippen LogP contribution in [0.5, 0.6) is 0 Å². The van der Waals surface area contributed by atoms with E-state index < -0.39 is 12.1 Å². The molecule has 4 nitrogen and oxygen atoms in total. The molecule has 0 aromatic heterocycles. The monoisotopic (exact) mass is 186 g/mol. The van der Waals surface area contributed by atoms with Crippen molar-refractivity contribution >= 4 is 5.91 Å². The number of nitrogens with two attached hydrogens (primary N) is 1. The first-order valence-corrected chi connectivity index (χ1v) is 4.78. The van der Waals surface area contributed by atoms with E-state index in [-0.39, 0.29) is 11.9 Å². The minimum absolute atomic E-state index is 0.0292. The minimum atomic E-state index is -0.459. The largest absolute Gasteiger partial charge is 0.391 e. The summed E-state index contributed by atoms with van der Waals surface area (Å²) in [6.45, 7) is 4.13. The van der Waals surface area contributed by atoms with Crippen molar-refractivity contribution in [3.63, 3.8) is 0 Å². The first-order chi connectivity index (χ1) is 6.04. The van der Waals surface area contributed by atoms with E-state index in [0.717, 1.165) is 19.4 Å². The van der Waals surface area contributed by atoms with Gasteiger partial charge in [0.2, 0.25) is 5.91 Å². The summed E-state index contributed by atoms with van der Waals surface area (Å²) in [5, 5.41) is 9.42. The molecule has 0 aromatic carbocycles. The zero-order valence-electron chi connectivity index (χ0n) is 8.23. The van der Waals surface area contributed by atoms with Crippen molar-refractivity contribution in [3.8, 4) is 0 Å². The number of carbonyl (C=O) groups excluding carboxylic acids is 1. The topological polar surface area (TPSA) is 66.6 Å². The van der Waals surface area contributed by atoms with E-state index in [1.807, 2.05) is 0 Å². The summed E-state index contributed by atoms with van der Waals surface area (Å²) in [4.78, 5) is 13.3. The maximum absolute atomic E-state index is 11.5. The minimum Gasteiger partial charge on any atom is -0.391 e. The first-order valence-electron chi connectivity index (χ1n) is 4.78. The summed E-state index contributed by atoms with van der Waals surface area (Å²) >= 11 is 0. The number of hydrogen-bond acceptors (Lipinski definition) is 3. The zero-order valence-corrected chi connectivity index (χ0v) is 8.23. The van der Waals surface area contributed by atoms with Gasteiger partial charge in [0.25, 0.3) is 0 Å². The summed E-state index contributed by atoms with van der Waals surface area (Å²) in [6.07, 6.45) is 1.40. The van der Waals surface area contributed by atoms with E-state index in [9.17, 15) is 9.90 Å². The normalized spacial score (nSPS) is 27.4. The summed E-state index contributed by atoms with van der Waals surface area (Å²) in [5.41, 5.74) is 5.51. The summed E-state index contributed by atoms with van der Waals surface area (Å²) in [5.74, 6) is -0.0524. The second kappa shape index (κ2) is 4.07. The van der Waals surface area contributed by atoms with Gasteiger partial charge in [-0.3, -0.25) is 4.79 Å². The number of amides is 1. The van der Waals surface area contributed by atoms with E-state index in [4.69, 9.17) is 5.73 Å². The van der Waals surface area contributed by atoms with Gasteiger partial charge in [0.1, 0.15) is 0 Å². The van der Waals surface area contributed by atoms with Gasteiger partial charge in [-0.25, -0.2) is 0 Å². The van der Waals surface area contributed by atoms with Crippen LogP contribution in [-0.4, -0.2) is 40.6 Å². The lowest BCUT2D eigenvalue weighted by atomic mass is 10.1. The molecule has 1 rings (SSSR count). The van der Waals surface area contributed by atoms with Crippen molar-refractivity contribution < 1.29 is 9.90 Å². The van der Waals surface area contributed by atoms with Gasteiger partial charge in [0.15, 0.2) is 0 Å². The van der Waals surface area contributed by atoms with E-state index in [1.165, 1.54) is 0 Å². The fourth-order valence-electron chi connectivity index (χ4n) is 1.83. The van der Waals surface area contributed by atoms with Crippen molar-refractivity contribution in [1.82, 2.24) is 4.90 Å². The second-order valence-corrected chi connectivity index (χ2v) is 3.77. The van der Waals surface area contributed by atoms with E-state index >= 15 is 0 Å². The third-order valence-corrected chi connectivity index (χ3v) is 2.53. The maximum Gasteiger partial charge on any atom is 0.239 e. The van der Waals surface area contributed by atoms with Crippen LogP contribution >= 0.6 is 0 Å².